The maximum atomic E-state index is 11.9. The van der Waals surface area contributed by atoms with Crippen LogP contribution in [-0.4, -0.2) is 24.8 Å². The monoisotopic (exact) mass is 318 g/mol. The Morgan fingerprint density at radius 1 is 1.09 bits per heavy atom. The van der Waals surface area contributed by atoms with Gasteiger partial charge in [0.15, 0.2) is 0 Å². The Bertz CT molecular complexity index is 474. The van der Waals surface area contributed by atoms with E-state index in [1.807, 2.05) is 31.2 Å². The average Bonchev–Trinajstić information content (AvgIpc) is 3.30. The molecule has 0 spiro atoms. The summed E-state index contributed by atoms with van der Waals surface area (Å²) in [6.45, 7) is 5.22. The summed E-state index contributed by atoms with van der Waals surface area (Å²) in [4.78, 5) is 11.9. The van der Waals surface area contributed by atoms with E-state index in [1.54, 1.807) is 0 Å². The molecule has 23 heavy (non-hydrogen) atoms. The molecule has 1 saturated heterocycles. The van der Waals surface area contributed by atoms with Gasteiger partial charge in [-0.25, -0.2) is 4.79 Å². The molecule has 1 aliphatic heterocycles. The average molecular weight is 318 g/mol. The van der Waals surface area contributed by atoms with Crippen LogP contribution >= 0.6 is 0 Å². The maximum Gasteiger partial charge on any atom is 0.338 e. The van der Waals surface area contributed by atoms with Crippen molar-refractivity contribution in [3.63, 3.8) is 0 Å². The topological polar surface area (TPSA) is 38.8 Å². The van der Waals surface area contributed by atoms with Crippen LogP contribution in [0.3, 0.4) is 0 Å². The number of ether oxygens (including phenoxy) is 2. The first-order valence-electron chi connectivity index (χ1n) is 9.03. The van der Waals surface area contributed by atoms with E-state index in [-0.39, 0.29) is 11.6 Å². The van der Waals surface area contributed by atoms with Gasteiger partial charge < -0.3 is 9.47 Å². The molecule has 0 aromatic heterocycles. The van der Waals surface area contributed by atoms with Gasteiger partial charge in [-0.2, -0.15) is 0 Å². The third kappa shape index (κ3) is 6.74. The molecule has 128 valence electrons. The lowest BCUT2D eigenvalue weighted by molar-refractivity contribution is 0.0411. The molecule has 1 aromatic carbocycles. The molecule has 1 aliphatic rings. The zero-order valence-corrected chi connectivity index (χ0v) is 14.6. The summed E-state index contributed by atoms with van der Waals surface area (Å²) in [5.74, 6) is -0.260. The summed E-state index contributed by atoms with van der Waals surface area (Å²) < 4.78 is 10.5. The molecular weight excluding hydrogens is 288 g/mol. The molecule has 0 aliphatic carbocycles. The number of unbranched alkanes of at least 4 members (excludes halogenated alkanes) is 6. The minimum absolute atomic E-state index is 0.243. The quantitative estimate of drug-likeness (QED) is 0.330. The van der Waals surface area contributed by atoms with E-state index in [9.17, 15) is 4.79 Å². The first-order valence-corrected chi connectivity index (χ1v) is 9.03. The Kier molecular flexibility index (Phi) is 7.10. The second kappa shape index (κ2) is 9.07. The highest BCUT2D eigenvalue weighted by Crippen LogP contribution is 2.26. The van der Waals surface area contributed by atoms with Gasteiger partial charge in [-0.15, -0.1) is 0 Å². The number of carbonyl (C=O) groups is 1. The summed E-state index contributed by atoms with van der Waals surface area (Å²) in [5, 5.41) is 0. The number of esters is 1. The highest BCUT2D eigenvalue weighted by molar-refractivity contribution is 5.89. The van der Waals surface area contributed by atoms with E-state index in [2.05, 4.69) is 6.92 Å². The van der Waals surface area contributed by atoms with Crippen molar-refractivity contribution in [1.29, 1.82) is 0 Å². The van der Waals surface area contributed by atoms with Crippen molar-refractivity contribution in [3.05, 3.63) is 35.4 Å². The van der Waals surface area contributed by atoms with Crippen LogP contribution in [0, 0.1) is 0 Å². The van der Waals surface area contributed by atoms with Gasteiger partial charge in [-0.3, -0.25) is 0 Å². The molecule has 3 heteroatoms. The first-order chi connectivity index (χ1) is 11.1. The highest BCUT2D eigenvalue weighted by Gasteiger charge is 2.40. The van der Waals surface area contributed by atoms with Crippen molar-refractivity contribution < 1.29 is 14.3 Å². The minimum atomic E-state index is -0.260. The van der Waals surface area contributed by atoms with Gasteiger partial charge >= 0.3 is 5.97 Å². The first kappa shape index (κ1) is 18.0. The lowest BCUT2D eigenvalue weighted by Crippen LogP contribution is -2.18. The number of rotatable bonds is 11. The van der Waals surface area contributed by atoms with E-state index < -0.39 is 0 Å². The van der Waals surface area contributed by atoms with Crippen LogP contribution in [0.25, 0.3) is 0 Å². The molecule has 1 atom stereocenters. The Morgan fingerprint density at radius 2 is 1.70 bits per heavy atom. The van der Waals surface area contributed by atoms with Gasteiger partial charge in [0.05, 0.1) is 12.2 Å². The lowest BCUT2D eigenvalue weighted by atomic mass is 10.0. The fourth-order valence-corrected chi connectivity index (χ4v) is 2.60. The van der Waals surface area contributed by atoms with Gasteiger partial charge in [0, 0.05) is 0 Å². The number of aryl methyl sites for hydroxylation is 1. The highest BCUT2D eigenvalue weighted by atomic mass is 16.6. The van der Waals surface area contributed by atoms with Crippen LogP contribution in [0.2, 0.25) is 0 Å². The second-order valence-electron chi connectivity index (χ2n) is 6.88. The molecule has 1 aromatic rings. The number of carbonyl (C=O) groups excluding carboxylic acids is 1. The number of hydrogen-bond acceptors (Lipinski definition) is 3. The van der Waals surface area contributed by atoms with Crippen molar-refractivity contribution in [3.8, 4) is 0 Å². The van der Waals surface area contributed by atoms with Gasteiger partial charge in [-0.1, -0.05) is 57.6 Å². The fourth-order valence-electron chi connectivity index (χ4n) is 2.60. The van der Waals surface area contributed by atoms with Crippen LogP contribution in [0.5, 0.6) is 0 Å². The van der Waals surface area contributed by atoms with Crippen molar-refractivity contribution in [2.45, 2.75) is 70.8 Å². The fraction of sp³-hybridized carbons (Fsp3) is 0.650. The van der Waals surface area contributed by atoms with Gasteiger partial charge in [0.2, 0.25) is 0 Å². The van der Waals surface area contributed by atoms with E-state index in [0.717, 1.165) is 6.42 Å². The van der Waals surface area contributed by atoms with Gasteiger partial charge in [0.1, 0.15) is 12.2 Å². The van der Waals surface area contributed by atoms with Gasteiger partial charge in [0.25, 0.3) is 0 Å². The van der Waals surface area contributed by atoms with E-state index in [4.69, 9.17) is 9.47 Å². The third-order valence-electron chi connectivity index (χ3n) is 4.40. The Labute approximate surface area is 140 Å². The summed E-state index contributed by atoms with van der Waals surface area (Å²) >= 11 is 0. The van der Waals surface area contributed by atoms with Crippen molar-refractivity contribution >= 4 is 5.97 Å². The Hall–Kier alpha value is -1.35. The summed E-state index contributed by atoms with van der Waals surface area (Å²) in [5.41, 5.74) is 1.68. The summed E-state index contributed by atoms with van der Waals surface area (Å²) in [6.07, 6.45) is 10.4. The standard InChI is InChI=1S/C20H30O3/c1-3-4-5-6-7-8-9-10-17-11-13-18(14-12-17)19(21)22-15-20(2)16-23-20/h11-14H,3-10,15-16H2,1-2H3. The summed E-state index contributed by atoms with van der Waals surface area (Å²) in [6, 6.07) is 7.83. The van der Waals surface area contributed by atoms with E-state index >= 15 is 0 Å². The van der Waals surface area contributed by atoms with Crippen LogP contribution < -0.4 is 0 Å². The number of benzene rings is 1. The molecular formula is C20H30O3. The molecule has 0 radical (unpaired) electrons. The van der Waals surface area contributed by atoms with Crippen LogP contribution in [-0.2, 0) is 15.9 Å². The van der Waals surface area contributed by atoms with E-state index in [0.29, 0.717) is 18.8 Å². The largest absolute Gasteiger partial charge is 0.459 e. The summed E-state index contributed by atoms with van der Waals surface area (Å²) in [7, 11) is 0. The molecule has 0 bridgehead atoms. The molecule has 2 rings (SSSR count). The second-order valence-corrected chi connectivity index (χ2v) is 6.88. The van der Waals surface area contributed by atoms with Crippen LogP contribution in [0.15, 0.2) is 24.3 Å². The normalized spacial score (nSPS) is 19.6. The predicted molar refractivity (Wildman–Crippen MR) is 92.8 cm³/mol. The molecule has 1 heterocycles. The molecule has 1 fully saturated rings. The van der Waals surface area contributed by atoms with Gasteiger partial charge in [-0.05, 0) is 37.5 Å². The number of hydrogen-bond donors (Lipinski definition) is 0. The molecule has 1 unspecified atom stereocenters. The molecule has 0 saturated carbocycles. The zero-order chi connectivity index (χ0) is 16.5. The maximum absolute atomic E-state index is 11.9. The Morgan fingerprint density at radius 3 is 2.30 bits per heavy atom. The molecule has 0 amide bonds. The minimum Gasteiger partial charge on any atom is -0.459 e. The number of epoxide rings is 1. The van der Waals surface area contributed by atoms with Crippen molar-refractivity contribution in [2.24, 2.45) is 0 Å². The van der Waals surface area contributed by atoms with Crippen LogP contribution in [0.1, 0.15) is 74.7 Å². The van der Waals surface area contributed by atoms with Crippen LogP contribution in [0.4, 0.5) is 0 Å². The zero-order valence-electron chi connectivity index (χ0n) is 14.6. The third-order valence-corrected chi connectivity index (χ3v) is 4.40. The molecule has 0 N–H and O–H groups in total. The van der Waals surface area contributed by atoms with Crippen molar-refractivity contribution in [2.75, 3.05) is 13.2 Å². The lowest BCUT2D eigenvalue weighted by Gasteiger charge is -2.08. The van der Waals surface area contributed by atoms with Crippen molar-refractivity contribution in [1.82, 2.24) is 0 Å². The molecule has 3 nitrogen and oxygen atoms in total. The van der Waals surface area contributed by atoms with E-state index in [1.165, 1.54) is 50.5 Å². The SMILES string of the molecule is CCCCCCCCCc1ccc(C(=O)OCC2(C)CO2)cc1. The Balaban J connectivity index is 1.62. The smallest absolute Gasteiger partial charge is 0.338 e. The predicted octanol–water partition coefficient (Wildman–Crippen LogP) is 4.93.